The van der Waals surface area contributed by atoms with Gasteiger partial charge in [0.25, 0.3) is 0 Å². The van der Waals surface area contributed by atoms with E-state index in [-0.39, 0.29) is 0 Å². The third-order valence-corrected chi connectivity index (χ3v) is 7.10. The van der Waals surface area contributed by atoms with E-state index in [1.165, 1.54) is 75.4 Å². The zero-order valence-electron chi connectivity index (χ0n) is 16.2. The maximum Gasteiger partial charge on any atom is -0.00137 e. The fourth-order valence-corrected chi connectivity index (χ4v) is 5.86. The average Bonchev–Trinajstić information content (AvgIpc) is 2.81. The Hall–Kier alpha value is -3.90. The zero-order chi connectivity index (χ0) is 19.4. The van der Waals surface area contributed by atoms with Crippen molar-refractivity contribution in [1.82, 2.24) is 0 Å². The minimum Gasteiger partial charge on any atom is -0.0616 e. The van der Waals surface area contributed by atoms with Crippen LogP contribution in [0.15, 0.2) is 97.1 Å². The van der Waals surface area contributed by atoms with Crippen LogP contribution in [0.25, 0.3) is 75.4 Å². The summed E-state index contributed by atoms with van der Waals surface area (Å²) in [6, 6.07) is 36.3. The Morgan fingerprint density at radius 1 is 0.267 bits per heavy atom. The van der Waals surface area contributed by atoms with E-state index in [2.05, 4.69) is 97.1 Å². The van der Waals surface area contributed by atoms with Crippen LogP contribution in [0, 0.1) is 0 Å². The van der Waals surface area contributed by atoms with Gasteiger partial charge < -0.3 is 0 Å². The molecular weight excluding hydrogens is 360 g/mol. The second kappa shape index (κ2) is 4.98. The standard InChI is InChI=1S/C30H16/c1-3-7-21-19(5-1)15-25-26-16-20-6-2-4-8-22(20)24-14-12-18-10-9-17-11-13-23(21)29(25)27(17)28(18)30(24)26/h1-16H. The molecule has 0 radical (unpaired) electrons. The molecule has 30 heavy (non-hydrogen) atoms. The molecule has 0 aliphatic rings. The number of rotatable bonds is 0. The summed E-state index contributed by atoms with van der Waals surface area (Å²) in [5, 5.41) is 19.1. The number of hydrogen-bond donors (Lipinski definition) is 0. The summed E-state index contributed by atoms with van der Waals surface area (Å²) < 4.78 is 0. The average molecular weight is 376 g/mol. The summed E-state index contributed by atoms with van der Waals surface area (Å²) in [5.41, 5.74) is 0. The number of benzene rings is 8. The van der Waals surface area contributed by atoms with E-state index in [1.807, 2.05) is 0 Å². The van der Waals surface area contributed by atoms with Gasteiger partial charge in [0.15, 0.2) is 0 Å². The molecule has 8 aromatic carbocycles. The van der Waals surface area contributed by atoms with Crippen molar-refractivity contribution in [2.24, 2.45) is 0 Å². The highest BCUT2D eigenvalue weighted by molar-refractivity contribution is 6.43. The first-order valence-corrected chi connectivity index (χ1v) is 10.5. The molecule has 0 heteroatoms. The summed E-state index contributed by atoms with van der Waals surface area (Å²) in [5.74, 6) is 0. The van der Waals surface area contributed by atoms with Crippen molar-refractivity contribution in [2.45, 2.75) is 0 Å². The molecule has 8 aromatic rings. The molecular formula is C30H16. The van der Waals surface area contributed by atoms with Crippen LogP contribution < -0.4 is 0 Å². The lowest BCUT2D eigenvalue weighted by Gasteiger charge is -2.20. The molecule has 0 unspecified atom stereocenters. The molecule has 0 fully saturated rings. The van der Waals surface area contributed by atoms with Crippen LogP contribution in [-0.4, -0.2) is 0 Å². The van der Waals surface area contributed by atoms with Gasteiger partial charge in [0.2, 0.25) is 0 Å². The molecule has 136 valence electrons. The van der Waals surface area contributed by atoms with Crippen molar-refractivity contribution >= 4 is 75.4 Å². The molecule has 0 N–H and O–H groups in total. The second-order valence-electron chi connectivity index (χ2n) is 8.53. The van der Waals surface area contributed by atoms with Crippen LogP contribution in [0.1, 0.15) is 0 Å². The Morgan fingerprint density at radius 3 is 1.20 bits per heavy atom. The van der Waals surface area contributed by atoms with Gasteiger partial charge in [-0.25, -0.2) is 0 Å². The van der Waals surface area contributed by atoms with E-state index < -0.39 is 0 Å². The highest BCUT2D eigenvalue weighted by Gasteiger charge is 2.19. The zero-order valence-corrected chi connectivity index (χ0v) is 16.2. The monoisotopic (exact) mass is 376 g/mol. The molecule has 0 atom stereocenters. The molecule has 0 amide bonds. The van der Waals surface area contributed by atoms with Crippen LogP contribution >= 0.6 is 0 Å². The maximum absolute atomic E-state index is 2.41. The quantitative estimate of drug-likeness (QED) is 0.183. The number of fused-ring (bicyclic) bond motifs is 5. The molecule has 0 spiro atoms. The van der Waals surface area contributed by atoms with Crippen molar-refractivity contribution in [3.8, 4) is 0 Å². The van der Waals surface area contributed by atoms with Crippen LogP contribution in [0.5, 0.6) is 0 Å². The van der Waals surface area contributed by atoms with E-state index in [1.54, 1.807) is 0 Å². The minimum absolute atomic E-state index is 1.31. The van der Waals surface area contributed by atoms with Gasteiger partial charge in [-0.15, -0.1) is 0 Å². The van der Waals surface area contributed by atoms with Gasteiger partial charge in [0.1, 0.15) is 0 Å². The minimum atomic E-state index is 1.31. The lowest BCUT2D eigenvalue weighted by molar-refractivity contribution is 1.79. The summed E-state index contributed by atoms with van der Waals surface area (Å²) in [6.45, 7) is 0. The molecule has 0 heterocycles. The first kappa shape index (κ1) is 15.0. The Labute approximate surface area is 172 Å². The van der Waals surface area contributed by atoms with Gasteiger partial charge in [-0.2, -0.15) is 0 Å². The lowest BCUT2D eigenvalue weighted by atomic mass is 9.83. The van der Waals surface area contributed by atoms with E-state index in [0.717, 1.165) is 0 Å². The van der Waals surface area contributed by atoms with Crippen molar-refractivity contribution in [3.63, 3.8) is 0 Å². The van der Waals surface area contributed by atoms with Gasteiger partial charge in [0.05, 0.1) is 0 Å². The molecule has 0 bridgehead atoms. The lowest BCUT2D eigenvalue weighted by Crippen LogP contribution is -1.91. The summed E-state index contributed by atoms with van der Waals surface area (Å²) in [7, 11) is 0. The fraction of sp³-hybridized carbons (Fsp3) is 0. The van der Waals surface area contributed by atoms with Gasteiger partial charge in [-0.1, -0.05) is 84.9 Å². The van der Waals surface area contributed by atoms with Crippen molar-refractivity contribution in [3.05, 3.63) is 97.1 Å². The van der Waals surface area contributed by atoms with Crippen LogP contribution in [0.3, 0.4) is 0 Å². The molecule has 0 saturated carbocycles. The second-order valence-corrected chi connectivity index (χ2v) is 8.53. The predicted octanol–water partition coefficient (Wildman–Crippen LogP) is 8.63. The molecule has 0 saturated heterocycles. The van der Waals surface area contributed by atoms with Gasteiger partial charge in [-0.05, 0) is 87.5 Å². The van der Waals surface area contributed by atoms with Gasteiger partial charge in [-0.3, -0.25) is 0 Å². The van der Waals surface area contributed by atoms with E-state index in [0.29, 0.717) is 0 Å². The van der Waals surface area contributed by atoms with Gasteiger partial charge >= 0.3 is 0 Å². The van der Waals surface area contributed by atoms with Crippen LogP contribution in [0.2, 0.25) is 0 Å². The third kappa shape index (κ3) is 1.62. The first-order chi connectivity index (χ1) is 14.9. The van der Waals surface area contributed by atoms with Gasteiger partial charge in [0, 0.05) is 0 Å². The molecule has 8 rings (SSSR count). The topological polar surface area (TPSA) is 0 Å². The van der Waals surface area contributed by atoms with Crippen molar-refractivity contribution < 1.29 is 0 Å². The van der Waals surface area contributed by atoms with Crippen LogP contribution in [0.4, 0.5) is 0 Å². The molecule has 0 aliphatic heterocycles. The van der Waals surface area contributed by atoms with E-state index in [9.17, 15) is 0 Å². The molecule has 0 aromatic heterocycles. The maximum atomic E-state index is 2.41. The Balaban J connectivity index is 1.86. The number of hydrogen-bond acceptors (Lipinski definition) is 0. The van der Waals surface area contributed by atoms with Crippen LogP contribution in [-0.2, 0) is 0 Å². The smallest absolute Gasteiger partial charge is 0.00137 e. The van der Waals surface area contributed by atoms with Crippen molar-refractivity contribution in [2.75, 3.05) is 0 Å². The van der Waals surface area contributed by atoms with E-state index >= 15 is 0 Å². The molecule has 0 nitrogen and oxygen atoms in total. The Morgan fingerprint density at radius 2 is 0.700 bits per heavy atom. The predicted molar refractivity (Wildman–Crippen MR) is 131 cm³/mol. The Bertz CT molecular complexity index is 1800. The largest absolute Gasteiger partial charge is 0.0616 e. The molecule has 0 aliphatic carbocycles. The van der Waals surface area contributed by atoms with Crippen molar-refractivity contribution in [1.29, 1.82) is 0 Å². The summed E-state index contributed by atoms with van der Waals surface area (Å²) in [4.78, 5) is 0. The fourth-order valence-electron chi connectivity index (χ4n) is 5.86. The Kier molecular flexibility index (Phi) is 2.49. The SMILES string of the molecule is c1ccc2c(c1)cc1c3cc4ccccc4c4ccc5ccc6ccc2c1c6c5c43. The third-order valence-electron chi connectivity index (χ3n) is 7.10. The van der Waals surface area contributed by atoms with E-state index in [4.69, 9.17) is 0 Å². The normalized spacial score (nSPS) is 12.7. The first-order valence-electron chi connectivity index (χ1n) is 10.5. The summed E-state index contributed by atoms with van der Waals surface area (Å²) >= 11 is 0. The highest BCUT2D eigenvalue weighted by Crippen LogP contribution is 2.48. The highest BCUT2D eigenvalue weighted by atomic mass is 14.2. The summed E-state index contributed by atoms with van der Waals surface area (Å²) in [6.07, 6.45) is 0.